The van der Waals surface area contributed by atoms with Gasteiger partial charge in [-0.2, -0.15) is 4.98 Å². The molecule has 0 radical (unpaired) electrons. The van der Waals surface area contributed by atoms with Crippen LogP contribution in [0.1, 0.15) is 17.7 Å². The van der Waals surface area contributed by atoms with Crippen molar-refractivity contribution in [1.29, 1.82) is 0 Å². The first-order chi connectivity index (χ1) is 8.33. The predicted octanol–water partition coefficient (Wildman–Crippen LogP) is 2.29. The Balaban J connectivity index is 1.85. The van der Waals surface area contributed by atoms with E-state index in [-0.39, 0.29) is 0 Å². The van der Waals surface area contributed by atoms with Crippen LogP contribution in [-0.2, 0) is 6.54 Å². The van der Waals surface area contributed by atoms with Crippen molar-refractivity contribution in [3.05, 3.63) is 34.7 Å². The smallest absolute Gasteiger partial charge is 0.227 e. The van der Waals surface area contributed by atoms with Gasteiger partial charge in [-0.15, -0.1) is 11.3 Å². The van der Waals surface area contributed by atoms with Crippen LogP contribution < -0.4 is 10.6 Å². The quantitative estimate of drug-likeness (QED) is 0.899. The largest absolute Gasteiger partial charge is 0.384 e. The number of thiophene rings is 1. The van der Waals surface area contributed by atoms with Gasteiger partial charge in [0.25, 0.3) is 0 Å². The highest BCUT2D eigenvalue weighted by molar-refractivity contribution is 7.09. The number of aromatic nitrogens is 2. The van der Waals surface area contributed by atoms with E-state index < -0.39 is 0 Å². The molecule has 1 aliphatic carbocycles. The minimum atomic E-state index is 0.534. The average molecular weight is 246 g/mol. The predicted molar refractivity (Wildman–Crippen MR) is 70.0 cm³/mol. The zero-order valence-corrected chi connectivity index (χ0v) is 10.2. The van der Waals surface area contributed by atoms with Gasteiger partial charge in [-0.3, -0.25) is 0 Å². The molecule has 1 fully saturated rings. The molecule has 0 bridgehead atoms. The molecule has 0 atom stereocenters. The molecule has 2 aromatic rings. The molecule has 0 aliphatic heterocycles. The molecule has 1 aliphatic rings. The third-order valence-electron chi connectivity index (χ3n) is 2.82. The number of nitrogen functional groups attached to an aromatic ring is 1. The lowest BCUT2D eigenvalue weighted by Crippen LogP contribution is -2.26. The van der Waals surface area contributed by atoms with Crippen molar-refractivity contribution in [3.8, 4) is 0 Å². The molecule has 2 heterocycles. The standard InChI is InChI=1S/C12H14N4S/c13-11-5-6-14-12(15-11)16(9-3-4-9)8-10-2-1-7-17-10/h1-2,5-7,9H,3-4,8H2,(H2,13,14,15). The first-order valence-corrected chi connectivity index (χ1v) is 6.58. The Bertz CT molecular complexity index is 493. The Morgan fingerprint density at radius 1 is 1.41 bits per heavy atom. The van der Waals surface area contributed by atoms with Gasteiger partial charge in [-0.05, 0) is 30.4 Å². The second kappa shape index (κ2) is 4.33. The fourth-order valence-electron chi connectivity index (χ4n) is 1.82. The Labute approximate surface area is 104 Å². The Morgan fingerprint density at radius 2 is 2.29 bits per heavy atom. The second-order valence-electron chi connectivity index (χ2n) is 4.22. The van der Waals surface area contributed by atoms with E-state index in [9.17, 15) is 0 Å². The number of hydrogen-bond donors (Lipinski definition) is 1. The summed E-state index contributed by atoms with van der Waals surface area (Å²) >= 11 is 1.77. The average Bonchev–Trinajstić information content (AvgIpc) is 3.03. The van der Waals surface area contributed by atoms with Crippen LogP contribution in [0.4, 0.5) is 11.8 Å². The van der Waals surface area contributed by atoms with Crippen LogP contribution in [0.25, 0.3) is 0 Å². The summed E-state index contributed by atoms with van der Waals surface area (Å²) in [6, 6.07) is 6.52. The third-order valence-corrected chi connectivity index (χ3v) is 3.68. The highest BCUT2D eigenvalue weighted by atomic mass is 32.1. The zero-order chi connectivity index (χ0) is 11.7. The number of nitrogens with zero attached hydrogens (tertiary/aromatic N) is 3. The molecule has 5 heteroatoms. The van der Waals surface area contributed by atoms with Crippen LogP contribution in [0.2, 0.25) is 0 Å². The highest BCUT2D eigenvalue weighted by Crippen LogP contribution is 2.31. The lowest BCUT2D eigenvalue weighted by Gasteiger charge is -2.21. The summed E-state index contributed by atoms with van der Waals surface area (Å²) in [4.78, 5) is 12.2. The fraction of sp³-hybridized carbons (Fsp3) is 0.333. The maximum atomic E-state index is 5.72. The second-order valence-corrected chi connectivity index (χ2v) is 5.25. The van der Waals surface area contributed by atoms with E-state index in [4.69, 9.17) is 5.73 Å². The lowest BCUT2D eigenvalue weighted by molar-refractivity contribution is 0.767. The van der Waals surface area contributed by atoms with Gasteiger partial charge in [0.1, 0.15) is 5.82 Å². The Hall–Kier alpha value is -1.62. The lowest BCUT2D eigenvalue weighted by atomic mass is 10.4. The van der Waals surface area contributed by atoms with Crippen LogP contribution >= 0.6 is 11.3 Å². The molecule has 3 rings (SSSR count). The van der Waals surface area contributed by atoms with E-state index in [0.29, 0.717) is 11.9 Å². The van der Waals surface area contributed by atoms with Crippen LogP contribution in [0.3, 0.4) is 0 Å². The van der Waals surface area contributed by atoms with Gasteiger partial charge >= 0.3 is 0 Å². The monoisotopic (exact) mass is 246 g/mol. The SMILES string of the molecule is Nc1ccnc(N(Cc2cccs2)C2CC2)n1. The topological polar surface area (TPSA) is 55.0 Å². The van der Waals surface area contributed by atoms with Crippen molar-refractivity contribution >= 4 is 23.1 Å². The summed E-state index contributed by atoms with van der Waals surface area (Å²) < 4.78 is 0. The molecule has 88 valence electrons. The van der Waals surface area contributed by atoms with E-state index in [0.717, 1.165) is 12.5 Å². The van der Waals surface area contributed by atoms with Crippen LogP contribution in [-0.4, -0.2) is 16.0 Å². The van der Waals surface area contributed by atoms with Crippen molar-refractivity contribution < 1.29 is 0 Å². The maximum absolute atomic E-state index is 5.72. The molecule has 4 nitrogen and oxygen atoms in total. The van der Waals surface area contributed by atoms with Gasteiger partial charge in [0.2, 0.25) is 5.95 Å². The number of hydrogen-bond acceptors (Lipinski definition) is 5. The molecule has 0 aromatic carbocycles. The molecule has 2 aromatic heterocycles. The number of anilines is 2. The van der Waals surface area contributed by atoms with Crippen LogP contribution in [0, 0.1) is 0 Å². The van der Waals surface area contributed by atoms with E-state index in [1.165, 1.54) is 17.7 Å². The van der Waals surface area contributed by atoms with Crippen LogP contribution in [0.5, 0.6) is 0 Å². The molecule has 0 amide bonds. The van der Waals surface area contributed by atoms with E-state index in [2.05, 4.69) is 32.4 Å². The summed E-state index contributed by atoms with van der Waals surface area (Å²) in [5.41, 5.74) is 5.72. The molecule has 2 N–H and O–H groups in total. The molecule has 0 unspecified atom stereocenters. The molecular formula is C12H14N4S. The minimum Gasteiger partial charge on any atom is -0.384 e. The summed E-state index contributed by atoms with van der Waals surface area (Å²) in [6.07, 6.45) is 4.18. The van der Waals surface area contributed by atoms with E-state index in [1.54, 1.807) is 23.6 Å². The highest BCUT2D eigenvalue weighted by Gasteiger charge is 2.31. The summed E-state index contributed by atoms with van der Waals surface area (Å²) in [6.45, 7) is 0.881. The third kappa shape index (κ3) is 2.39. The first-order valence-electron chi connectivity index (χ1n) is 5.70. The minimum absolute atomic E-state index is 0.534. The van der Waals surface area contributed by atoms with Crippen molar-refractivity contribution in [3.63, 3.8) is 0 Å². The molecule has 0 spiro atoms. The zero-order valence-electron chi connectivity index (χ0n) is 9.41. The maximum Gasteiger partial charge on any atom is 0.227 e. The Morgan fingerprint density at radius 3 is 2.94 bits per heavy atom. The number of rotatable bonds is 4. The molecule has 0 saturated heterocycles. The summed E-state index contributed by atoms with van der Waals surface area (Å²) in [5.74, 6) is 1.28. The summed E-state index contributed by atoms with van der Waals surface area (Å²) in [5, 5.41) is 2.10. The normalized spacial score (nSPS) is 14.8. The van der Waals surface area contributed by atoms with Crippen molar-refractivity contribution in [2.45, 2.75) is 25.4 Å². The van der Waals surface area contributed by atoms with Gasteiger partial charge in [0.05, 0.1) is 6.54 Å². The summed E-state index contributed by atoms with van der Waals surface area (Å²) in [7, 11) is 0. The van der Waals surface area contributed by atoms with Gasteiger partial charge in [-0.25, -0.2) is 4.98 Å². The van der Waals surface area contributed by atoms with Crippen molar-refractivity contribution in [1.82, 2.24) is 9.97 Å². The first kappa shape index (κ1) is 10.5. The van der Waals surface area contributed by atoms with Crippen molar-refractivity contribution in [2.24, 2.45) is 0 Å². The van der Waals surface area contributed by atoms with Crippen LogP contribution in [0.15, 0.2) is 29.8 Å². The van der Waals surface area contributed by atoms with Gasteiger partial charge < -0.3 is 10.6 Å². The Kier molecular flexibility index (Phi) is 2.68. The molecule has 1 saturated carbocycles. The van der Waals surface area contributed by atoms with Gasteiger partial charge in [0, 0.05) is 17.1 Å². The molecular weight excluding hydrogens is 232 g/mol. The number of nitrogens with two attached hydrogens (primary N) is 1. The van der Waals surface area contributed by atoms with E-state index in [1.807, 2.05) is 0 Å². The van der Waals surface area contributed by atoms with Gasteiger partial charge in [0.15, 0.2) is 0 Å². The fourth-order valence-corrected chi connectivity index (χ4v) is 2.52. The molecule has 17 heavy (non-hydrogen) atoms. The van der Waals surface area contributed by atoms with Crippen molar-refractivity contribution in [2.75, 3.05) is 10.6 Å². The van der Waals surface area contributed by atoms with E-state index >= 15 is 0 Å². The van der Waals surface area contributed by atoms with Gasteiger partial charge in [-0.1, -0.05) is 6.07 Å².